The number of fused-ring (bicyclic) bond motifs is 1. The Morgan fingerprint density at radius 3 is 2.55 bits per heavy atom. The second-order valence-electron chi connectivity index (χ2n) is 4.71. The summed E-state index contributed by atoms with van der Waals surface area (Å²) in [6.07, 6.45) is 1.77. The zero-order valence-electron chi connectivity index (χ0n) is 11.0. The Morgan fingerprint density at radius 1 is 1.05 bits per heavy atom. The molecule has 0 spiro atoms. The second-order valence-corrected chi connectivity index (χ2v) is 4.71. The van der Waals surface area contributed by atoms with Gasteiger partial charge in [0.25, 0.3) is 0 Å². The molecule has 2 aromatic carbocycles. The van der Waals surface area contributed by atoms with Crippen LogP contribution in [0.25, 0.3) is 10.8 Å². The van der Waals surface area contributed by atoms with Gasteiger partial charge in [-0.1, -0.05) is 0 Å². The Kier molecular flexibility index (Phi) is 2.99. The third kappa shape index (κ3) is 2.28. The van der Waals surface area contributed by atoms with Crippen LogP contribution in [0.1, 0.15) is 5.69 Å². The van der Waals surface area contributed by atoms with Gasteiger partial charge in [0.2, 0.25) is 0 Å². The van der Waals surface area contributed by atoms with E-state index in [1.165, 1.54) is 12.1 Å². The molecule has 20 heavy (non-hydrogen) atoms. The highest BCUT2D eigenvalue weighted by Gasteiger charge is 2.05. The number of hydrogen-bond acceptors (Lipinski definition) is 3. The number of anilines is 3. The number of nitrogens with two attached hydrogens (primary N) is 1. The van der Waals surface area contributed by atoms with E-state index in [9.17, 15) is 4.39 Å². The number of nitrogen functional groups attached to an aromatic ring is 1. The first-order chi connectivity index (χ1) is 9.63. The molecule has 100 valence electrons. The smallest absolute Gasteiger partial charge is 0.123 e. The first-order valence-corrected chi connectivity index (χ1v) is 6.31. The van der Waals surface area contributed by atoms with Crippen molar-refractivity contribution in [1.29, 1.82) is 0 Å². The molecular weight excluding hydrogens is 253 g/mol. The van der Waals surface area contributed by atoms with E-state index >= 15 is 0 Å². The minimum absolute atomic E-state index is 0.252. The van der Waals surface area contributed by atoms with E-state index in [-0.39, 0.29) is 5.82 Å². The molecule has 0 saturated heterocycles. The van der Waals surface area contributed by atoms with Gasteiger partial charge >= 0.3 is 0 Å². The molecule has 0 amide bonds. The molecule has 3 aromatic rings. The van der Waals surface area contributed by atoms with Crippen LogP contribution in [-0.2, 0) is 0 Å². The van der Waals surface area contributed by atoms with Crippen molar-refractivity contribution in [2.45, 2.75) is 6.92 Å². The van der Waals surface area contributed by atoms with Crippen molar-refractivity contribution in [3.05, 3.63) is 60.2 Å². The van der Waals surface area contributed by atoms with Crippen LogP contribution < -0.4 is 11.1 Å². The summed E-state index contributed by atoms with van der Waals surface area (Å²) in [4.78, 5) is 4.27. The van der Waals surface area contributed by atoms with Gasteiger partial charge in [-0.15, -0.1) is 0 Å². The minimum Gasteiger partial charge on any atom is -0.398 e. The number of nitrogens with zero attached hydrogens (tertiary/aromatic N) is 1. The molecule has 1 heterocycles. The summed E-state index contributed by atoms with van der Waals surface area (Å²) >= 11 is 0. The molecule has 3 rings (SSSR count). The minimum atomic E-state index is -0.252. The van der Waals surface area contributed by atoms with Crippen molar-refractivity contribution in [2.75, 3.05) is 11.1 Å². The molecule has 0 aliphatic rings. The van der Waals surface area contributed by atoms with E-state index in [2.05, 4.69) is 10.3 Å². The molecule has 3 N–H and O–H groups in total. The molecule has 0 aliphatic heterocycles. The summed E-state index contributed by atoms with van der Waals surface area (Å²) in [7, 11) is 0. The highest BCUT2D eigenvalue weighted by atomic mass is 19.1. The summed E-state index contributed by atoms with van der Waals surface area (Å²) in [6, 6.07) is 12.0. The summed E-state index contributed by atoms with van der Waals surface area (Å²) < 4.78 is 12.9. The van der Waals surface area contributed by atoms with Crippen LogP contribution in [0.15, 0.2) is 48.7 Å². The average Bonchev–Trinajstić information content (AvgIpc) is 2.44. The Bertz CT molecular complexity index is 767. The molecule has 3 nitrogen and oxygen atoms in total. The normalized spacial score (nSPS) is 10.7. The van der Waals surface area contributed by atoms with Crippen LogP contribution in [0.2, 0.25) is 0 Å². The number of rotatable bonds is 2. The predicted molar refractivity (Wildman–Crippen MR) is 80.6 cm³/mol. The third-order valence-electron chi connectivity index (χ3n) is 3.19. The lowest BCUT2D eigenvalue weighted by molar-refractivity contribution is 0.628. The standard InChI is InChI=1S/C16H14FN3/c1-10-8-13-14(9-19-10)15(18)6-7-16(13)20-12-4-2-11(17)3-5-12/h2-9,20H,18H2,1H3. The quantitative estimate of drug-likeness (QED) is 0.690. The number of aromatic nitrogens is 1. The second kappa shape index (κ2) is 4.81. The monoisotopic (exact) mass is 267 g/mol. The predicted octanol–water partition coefficient (Wildman–Crippen LogP) is 4.01. The maximum absolute atomic E-state index is 12.9. The third-order valence-corrected chi connectivity index (χ3v) is 3.19. The summed E-state index contributed by atoms with van der Waals surface area (Å²) in [5, 5.41) is 5.19. The van der Waals surface area contributed by atoms with E-state index < -0.39 is 0 Å². The van der Waals surface area contributed by atoms with Crippen LogP contribution in [0.5, 0.6) is 0 Å². The van der Waals surface area contributed by atoms with Crippen molar-refractivity contribution >= 4 is 27.8 Å². The van der Waals surface area contributed by atoms with Gasteiger partial charge in [0.05, 0.1) is 0 Å². The van der Waals surface area contributed by atoms with Gasteiger partial charge in [-0.25, -0.2) is 4.39 Å². The molecule has 0 unspecified atom stereocenters. The Hall–Kier alpha value is -2.62. The van der Waals surface area contributed by atoms with Crippen molar-refractivity contribution in [1.82, 2.24) is 4.98 Å². The lowest BCUT2D eigenvalue weighted by atomic mass is 10.1. The van der Waals surface area contributed by atoms with Crippen molar-refractivity contribution < 1.29 is 4.39 Å². The number of halogens is 1. The molecule has 0 aliphatic carbocycles. The van der Waals surface area contributed by atoms with Crippen LogP contribution in [0, 0.1) is 12.7 Å². The Morgan fingerprint density at radius 2 is 1.80 bits per heavy atom. The molecular formula is C16H14FN3. The Labute approximate surface area is 116 Å². The average molecular weight is 267 g/mol. The number of hydrogen-bond donors (Lipinski definition) is 2. The SMILES string of the molecule is Cc1cc2c(Nc3ccc(F)cc3)ccc(N)c2cn1. The highest BCUT2D eigenvalue weighted by Crippen LogP contribution is 2.30. The van der Waals surface area contributed by atoms with Gasteiger partial charge < -0.3 is 11.1 Å². The molecule has 4 heteroatoms. The van der Waals surface area contributed by atoms with Gasteiger partial charge in [0.1, 0.15) is 5.82 Å². The van der Waals surface area contributed by atoms with Crippen LogP contribution in [-0.4, -0.2) is 4.98 Å². The van der Waals surface area contributed by atoms with E-state index in [4.69, 9.17) is 5.73 Å². The van der Waals surface area contributed by atoms with Gasteiger partial charge in [-0.3, -0.25) is 4.98 Å². The van der Waals surface area contributed by atoms with E-state index in [0.29, 0.717) is 5.69 Å². The van der Waals surface area contributed by atoms with E-state index in [0.717, 1.165) is 27.8 Å². The highest BCUT2D eigenvalue weighted by molar-refractivity contribution is 6.01. The van der Waals surface area contributed by atoms with Gasteiger partial charge in [0, 0.05) is 39.7 Å². The molecule has 0 atom stereocenters. The van der Waals surface area contributed by atoms with Gasteiger partial charge in [0.15, 0.2) is 0 Å². The molecule has 0 saturated carbocycles. The van der Waals surface area contributed by atoms with Crippen molar-refractivity contribution in [3.63, 3.8) is 0 Å². The first-order valence-electron chi connectivity index (χ1n) is 6.31. The van der Waals surface area contributed by atoms with E-state index in [1.54, 1.807) is 18.3 Å². The number of aryl methyl sites for hydroxylation is 1. The summed E-state index contributed by atoms with van der Waals surface area (Å²) in [5.41, 5.74) is 9.33. The maximum atomic E-state index is 12.9. The van der Waals surface area contributed by atoms with Gasteiger partial charge in [-0.2, -0.15) is 0 Å². The van der Waals surface area contributed by atoms with Crippen LogP contribution in [0.4, 0.5) is 21.5 Å². The number of nitrogens with one attached hydrogen (secondary N) is 1. The van der Waals surface area contributed by atoms with Crippen molar-refractivity contribution in [3.8, 4) is 0 Å². The molecule has 0 fully saturated rings. The lowest BCUT2D eigenvalue weighted by Gasteiger charge is -2.12. The van der Waals surface area contributed by atoms with Gasteiger partial charge in [-0.05, 0) is 49.4 Å². The van der Waals surface area contributed by atoms with Crippen LogP contribution in [0.3, 0.4) is 0 Å². The van der Waals surface area contributed by atoms with Crippen molar-refractivity contribution in [2.24, 2.45) is 0 Å². The Balaban J connectivity index is 2.09. The van der Waals surface area contributed by atoms with Crippen LogP contribution >= 0.6 is 0 Å². The summed E-state index contributed by atoms with van der Waals surface area (Å²) in [6.45, 7) is 1.93. The molecule has 0 bridgehead atoms. The zero-order chi connectivity index (χ0) is 14.1. The topological polar surface area (TPSA) is 50.9 Å². The zero-order valence-corrected chi connectivity index (χ0v) is 11.0. The van der Waals surface area contributed by atoms with E-state index in [1.807, 2.05) is 25.1 Å². The maximum Gasteiger partial charge on any atom is 0.123 e. The largest absolute Gasteiger partial charge is 0.398 e. The fourth-order valence-corrected chi connectivity index (χ4v) is 2.16. The molecule has 0 radical (unpaired) electrons. The summed E-state index contributed by atoms with van der Waals surface area (Å²) in [5.74, 6) is -0.252. The first kappa shape index (κ1) is 12.4. The molecule has 1 aromatic heterocycles. The fourth-order valence-electron chi connectivity index (χ4n) is 2.16. The fraction of sp³-hybridized carbons (Fsp3) is 0.0625. The lowest BCUT2D eigenvalue weighted by Crippen LogP contribution is -1.95. The number of pyridine rings is 1. The number of benzene rings is 2.